The molecule has 38 heavy (non-hydrogen) atoms. The van der Waals surface area contributed by atoms with Gasteiger partial charge in [0.1, 0.15) is 11.5 Å². The molecule has 0 radical (unpaired) electrons. The van der Waals surface area contributed by atoms with Gasteiger partial charge in [0.05, 0.1) is 25.9 Å². The molecular weight excluding hydrogens is 500 g/mol. The lowest BCUT2D eigenvalue weighted by Gasteiger charge is -2.12. The van der Waals surface area contributed by atoms with E-state index in [1.165, 1.54) is 7.11 Å². The zero-order valence-corrected chi connectivity index (χ0v) is 22.4. The number of rotatable bonds is 16. The van der Waals surface area contributed by atoms with Crippen LogP contribution in [0.25, 0.3) is 0 Å². The molecular formula is C31H34O6S. The first kappa shape index (κ1) is 28.9. The molecule has 1 unspecified atom stereocenters. The van der Waals surface area contributed by atoms with E-state index in [0.717, 1.165) is 41.2 Å². The highest BCUT2D eigenvalue weighted by molar-refractivity contribution is 8.00. The Kier molecular flexibility index (Phi) is 12.3. The summed E-state index contributed by atoms with van der Waals surface area (Å²) in [5.41, 5.74) is 1.63. The van der Waals surface area contributed by atoms with E-state index in [9.17, 15) is 9.59 Å². The third-order valence-corrected chi connectivity index (χ3v) is 6.89. The molecule has 0 heterocycles. The van der Waals surface area contributed by atoms with E-state index in [0.29, 0.717) is 25.2 Å². The molecule has 7 heteroatoms. The van der Waals surface area contributed by atoms with Crippen LogP contribution >= 0.6 is 11.8 Å². The van der Waals surface area contributed by atoms with E-state index in [4.69, 9.17) is 19.3 Å². The first-order valence-electron chi connectivity index (χ1n) is 12.7. The highest BCUT2D eigenvalue weighted by Crippen LogP contribution is 2.28. The van der Waals surface area contributed by atoms with Crippen LogP contribution in [0.15, 0.2) is 95.9 Å². The predicted octanol–water partition coefficient (Wildman–Crippen LogP) is 6.84. The number of carboxylic acid groups (broad SMARTS) is 1. The van der Waals surface area contributed by atoms with Gasteiger partial charge in [0.15, 0.2) is 0 Å². The molecule has 1 N–H and O–H groups in total. The molecule has 3 aromatic rings. The SMILES string of the molecule is COC(=O)c1ccc(SC(C=CCc2ccc(OCCCCOc3ccccc3)cc2)CCC(=O)O)cc1. The minimum atomic E-state index is -0.815. The summed E-state index contributed by atoms with van der Waals surface area (Å²) < 4.78 is 16.3. The molecule has 0 saturated heterocycles. The van der Waals surface area contributed by atoms with Crippen LogP contribution in [-0.2, 0) is 16.0 Å². The number of unbranched alkanes of at least 4 members (excludes halogenated alkanes) is 1. The molecule has 1 atom stereocenters. The van der Waals surface area contributed by atoms with E-state index >= 15 is 0 Å². The number of aliphatic carboxylic acids is 1. The standard InChI is InChI=1S/C31H34O6S/c1-35-31(34)25-14-18-29(19-15-25)38-28(20-21-30(32)33)11-7-8-24-12-16-27(17-13-24)37-23-6-5-22-36-26-9-3-2-4-10-26/h2-4,7,9-19,28H,5-6,8,20-23H2,1H3,(H,32,33). The molecule has 0 aliphatic heterocycles. The molecule has 0 bridgehead atoms. The Morgan fingerprint density at radius 2 is 1.50 bits per heavy atom. The van der Waals surface area contributed by atoms with Crippen molar-refractivity contribution in [3.05, 3.63) is 102 Å². The number of carboxylic acids is 1. The second-order valence-electron chi connectivity index (χ2n) is 8.60. The Bertz CT molecular complexity index is 1140. The number of benzene rings is 3. The molecule has 3 rings (SSSR count). The molecule has 0 fully saturated rings. The number of hydrogen-bond donors (Lipinski definition) is 1. The zero-order chi connectivity index (χ0) is 27.0. The van der Waals surface area contributed by atoms with Gasteiger partial charge in [0, 0.05) is 16.6 Å². The van der Waals surface area contributed by atoms with Crippen LogP contribution in [0.4, 0.5) is 0 Å². The van der Waals surface area contributed by atoms with Crippen molar-refractivity contribution in [3.63, 3.8) is 0 Å². The number of para-hydroxylation sites is 1. The number of carbonyl (C=O) groups is 2. The fraction of sp³-hybridized carbons (Fsp3) is 0.290. The fourth-order valence-electron chi connectivity index (χ4n) is 3.60. The van der Waals surface area contributed by atoms with E-state index in [1.54, 1.807) is 23.9 Å². The summed E-state index contributed by atoms with van der Waals surface area (Å²) in [5, 5.41) is 9.13. The Hall–Kier alpha value is -3.71. The van der Waals surface area contributed by atoms with Crippen LogP contribution in [-0.4, -0.2) is 42.6 Å². The first-order chi connectivity index (χ1) is 18.5. The molecule has 0 aliphatic carbocycles. The maximum atomic E-state index is 11.6. The molecule has 3 aromatic carbocycles. The second-order valence-corrected chi connectivity index (χ2v) is 9.91. The Labute approximate surface area is 228 Å². The number of methoxy groups -OCH3 is 1. The number of allylic oxidation sites excluding steroid dienone is 1. The molecule has 6 nitrogen and oxygen atoms in total. The van der Waals surface area contributed by atoms with Crippen molar-refractivity contribution in [1.82, 2.24) is 0 Å². The number of esters is 1. The van der Waals surface area contributed by atoms with Crippen molar-refractivity contribution in [2.75, 3.05) is 20.3 Å². The molecule has 0 aliphatic rings. The molecule has 0 amide bonds. The van der Waals surface area contributed by atoms with Crippen molar-refractivity contribution >= 4 is 23.7 Å². The largest absolute Gasteiger partial charge is 0.494 e. The van der Waals surface area contributed by atoms with Gasteiger partial charge < -0.3 is 19.3 Å². The summed E-state index contributed by atoms with van der Waals surface area (Å²) >= 11 is 1.58. The molecule has 0 aromatic heterocycles. The quantitative estimate of drug-likeness (QED) is 0.0933. The maximum Gasteiger partial charge on any atom is 0.337 e. The van der Waals surface area contributed by atoms with E-state index in [-0.39, 0.29) is 17.6 Å². The van der Waals surface area contributed by atoms with Gasteiger partial charge in [0.2, 0.25) is 0 Å². The molecule has 200 valence electrons. The predicted molar refractivity (Wildman–Crippen MR) is 150 cm³/mol. The van der Waals surface area contributed by atoms with Gasteiger partial charge in [-0.15, -0.1) is 11.8 Å². The van der Waals surface area contributed by atoms with E-state index < -0.39 is 5.97 Å². The minimum absolute atomic E-state index is 0.00329. The van der Waals surface area contributed by atoms with Gasteiger partial charge in [0.25, 0.3) is 0 Å². The Morgan fingerprint density at radius 1 is 0.868 bits per heavy atom. The summed E-state index contributed by atoms with van der Waals surface area (Å²) in [6, 6.07) is 25.0. The highest BCUT2D eigenvalue weighted by atomic mass is 32.2. The topological polar surface area (TPSA) is 82.1 Å². The van der Waals surface area contributed by atoms with Gasteiger partial charge in [-0.3, -0.25) is 4.79 Å². The average molecular weight is 535 g/mol. The number of carbonyl (C=O) groups excluding carboxylic acids is 1. The van der Waals surface area contributed by atoms with Crippen molar-refractivity contribution in [1.29, 1.82) is 0 Å². The minimum Gasteiger partial charge on any atom is -0.494 e. The lowest BCUT2D eigenvalue weighted by atomic mass is 10.1. The monoisotopic (exact) mass is 534 g/mol. The van der Waals surface area contributed by atoms with Crippen LogP contribution in [0, 0.1) is 0 Å². The normalized spacial score (nSPS) is 11.7. The number of hydrogen-bond acceptors (Lipinski definition) is 6. The van der Waals surface area contributed by atoms with Crippen molar-refractivity contribution < 1.29 is 28.9 Å². The summed E-state index contributed by atoms with van der Waals surface area (Å²) in [6.45, 7) is 1.31. The lowest BCUT2D eigenvalue weighted by molar-refractivity contribution is -0.137. The first-order valence-corrected chi connectivity index (χ1v) is 13.5. The Balaban J connectivity index is 1.42. The van der Waals surface area contributed by atoms with Crippen molar-refractivity contribution in [3.8, 4) is 11.5 Å². The van der Waals surface area contributed by atoms with Crippen LogP contribution in [0.1, 0.15) is 41.6 Å². The van der Waals surface area contributed by atoms with Crippen LogP contribution < -0.4 is 9.47 Å². The number of thioether (sulfide) groups is 1. The van der Waals surface area contributed by atoms with Crippen LogP contribution in [0.3, 0.4) is 0 Å². The van der Waals surface area contributed by atoms with Crippen LogP contribution in [0.5, 0.6) is 11.5 Å². The van der Waals surface area contributed by atoms with E-state index in [2.05, 4.69) is 12.2 Å². The van der Waals surface area contributed by atoms with Gasteiger partial charge in [-0.1, -0.05) is 42.5 Å². The average Bonchev–Trinajstić information content (AvgIpc) is 2.94. The summed E-state index contributed by atoms with van der Waals surface area (Å²) in [7, 11) is 1.35. The number of ether oxygens (including phenoxy) is 3. The third kappa shape index (κ3) is 10.7. The fourth-order valence-corrected chi connectivity index (χ4v) is 4.67. The summed E-state index contributed by atoms with van der Waals surface area (Å²) in [5.74, 6) is 0.532. The third-order valence-electron chi connectivity index (χ3n) is 5.65. The van der Waals surface area contributed by atoms with Gasteiger partial charge in [-0.25, -0.2) is 4.79 Å². The Morgan fingerprint density at radius 3 is 2.11 bits per heavy atom. The molecule has 0 spiro atoms. The smallest absolute Gasteiger partial charge is 0.337 e. The van der Waals surface area contributed by atoms with E-state index in [1.807, 2.05) is 66.7 Å². The van der Waals surface area contributed by atoms with Crippen LogP contribution in [0.2, 0.25) is 0 Å². The summed E-state index contributed by atoms with van der Waals surface area (Å²) in [4.78, 5) is 23.7. The van der Waals surface area contributed by atoms with Gasteiger partial charge in [-0.05, 0) is 79.8 Å². The van der Waals surface area contributed by atoms with Crippen molar-refractivity contribution in [2.24, 2.45) is 0 Å². The zero-order valence-electron chi connectivity index (χ0n) is 21.6. The van der Waals surface area contributed by atoms with Gasteiger partial charge in [-0.2, -0.15) is 0 Å². The highest BCUT2D eigenvalue weighted by Gasteiger charge is 2.11. The summed E-state index contributed by atoms with van der Waals surface area (Å²) in [6.07, 6.45) is 7.31. The van der Waals surface area contributed by atoms with Crippen molar-refractivity contribution in [2.45, 2.75) is 42.2 Å². The molecule has 0 saturated carbocycles. The van der Waals surface area contributed by atoms with Gasteiger partial charge >= 0.3 is 11.9 Å². The maximum absolute atomic E-state index is 11.6. The second kappa shape index (κ2) is 16.2. The lowest BCUT2D eigenvalue weighted by Crippen LogP contribution is -2.04.